The van der Waals surface area contributed by atoms with Gasteiger partial charge in [-0.15, -0.1) is 0 Å². The molecule has 0 bridgehead atoms. The highest BCUT2D eigenvalue weighted by molar-refractivity contribution is 6.10. The summed E-state index contributed by atoms with van der Waals surface area (Å²) in [5.74, 6) is 0. The van der Waals surface area contributed by atoms with Gasteiger partial charge >= 0.3 is 0 Å². The first kappa shape index (κ1) is 88.8. The normalized spacial score (nSPS) is 13.6. The van der Waals surface area contributed by atoms with E-state index in [2.05, 4.69) is 525 Å². The van der Waals surface area contributed by atoms with Crippen molar-refractivity contribution in [2.75, 3.05) is 14.7 Å². The molecule has 6 heteroatoms. The van der Waals surface area contributed by atoms with Crippen molar-refractivity contribution >= 4 is 128 Å². The first-order valence-corrected chi connectivity index (χ1v) is 51.5. The molecule has 0 N–H and O–H groups in total. The number of anilines is 9. The Morgan fingerprint density at radius 3 is 0.764 bits per heavy atom. The van der Waals surface area contributed by atoms with E-state index in [-0.39, 0.29) is 21.7 Å². The molecule has 0 saturated heterocycles. The van der Waals surface area contributed by atoms with Crippen molar-refractivity contribution in [3.63, 3.8) is 0 Å². The first-order valence-electron chi connectivity index (χ1n) is 51.5. The van der Waals surface area contributed by atoms with Crippen molar-refractivity contribution in [2.24, 2.45) is 0 Å². The van der Waals surface area contributed by atoms with E-state index >= 15 is 0 Å². The molecule has 22 aromatic carbocycles. The molecule has 4 aliphatic carbocycles. The topological polar surface area (TPSA) is 49.1 Å². The SMILES string of the molecule is CC1(C)c2cc(-c3ccccc3)ccc2-c2ccc(N(c3ccc(-c4ccc5oc6ccccc6c5c4)cc3)c3cccc4ccccc34)cc21.CC1(C)c2cc(-c3ccccc3)ccc2-c2ccc(N(c3ccccc3)c3ccc(-c4ccc5oc6ccccc6c5c4)cc3)cc21.CC1(C)c2ccccc2-c2ccc(N(c3ccc(-c4ccc5oc6ccccc6c5c4)cc3)c3ccc4c(c3)C(C)(C)c3ccccc3-4)cc21. The summed E-state index contributed by atoms with van der Waals surface area (Å²) < 4.78 is 18.3. The van der Waals surface area contributed by atoms with Gasteiger partial charge in [0, 0.05) is 105 Å². The summed E-state index contributed by atoms with van der Waals surface area (Å²) in [4.78, 5) is 7.23. The Morgan fingerprint density at radius 1 is 0.142 bits per heavy atom. The van der Waals surface area contributed by atoms with Crippen LogP contribution in [0.1, 0.15) is 99.9 Å². The Kier molecular flexibility index (Phi) is 20.9. The molecule has 148 heavy (non-hydrogen) atoms. The highest BCUT2D eigenvalue weighted by Gasteiger charge is 2.42. The minimum atomic E-state index is -0.157. The number of fused-ring (bicyclic) bond motifs is 22. The van der Waals surface area contributed by atoms with Gasteiger partial charge in [0.25, 0.3) is 0 Å². The summed E-state index contributed by atoms with van der Waals surface area (Å²) in [5.41, 5.74) is 49.0. The minimum Gasteiger partial charge on any atom is -0.456 e. The maximum absolute atomic E-state index is 6.12. The second kappa shape index (κ2) is 34.9. The van der Waals surface area contributed by atoms with E-state index in [0.717, 1.165) is 117 Å². The third kappa shape index (κ3) is 14.8. The molecular weight excluding hydrogens is 1800 g/mol. The van der Waals surface area contributed by atoms with Crippen molar-refractivity contribution in [3.8, 4) is 100 Å². The van der Waals surface area contributed by atoms with Crippen molar-refractivity contribution in [3.05, 3.63) is 536 Å². The molecule has 706 valence electrons. The molecule has 0 unspecified atom stereocenters. The summed E-state index contributed by atoms with van der Waals surface area (Å²) in [5, 5.41) is 9.31. The smallest absolute Gasteiger partial charge is 0.135 e. The van der Waals surface area contributed by atoms with Crippen LogP contribution in [0.2, 0.25) is 0 Å². The predicted octanol–water partition coefficient (Wildman–Crippen LogP) is 39.9. The van der Waals surface area contributed by atoms with Gasteiger partial charge in [-0.05, 0) is 320 Å². The van der Waals surface area contributed by atoms with Crippen molar-refractivity contribution in [2.45, 2.75) is 77.0 Å². The molecule has 3 heterocycles. The van der Waals surface area contributed by atoms with Crippen LogP contribution in [0.25, 0.3) is 177 Å². The van der Waals surface area contributed by atoms with E-state index < -0.39 is 0 Å². The van der Waals surface area contributed by atoms with Crippen LogP contribution in [0, 0.1) is 0 Å². The fraction of sp³-hybridized carbons (Fsp3) is 0.0845. The number of hydrogen-bond acceptors (Lipinski definition) is 6. The van der Waals surface area contributed by atoms with Gasteiger partial charge in [-0.3, -0.25) is 0 Å². The van der Waals surface area contributed by atoms with E-state index in [1.807, 2.05) is 36.4 Å². The molecule has 3 aromatic heterocycles. The molecular formula is C142H105N3O3. The Balaban J connectivity index is 0.000000110. The van der Waals surface area contributed by atoms with Crippen LogP contribution in [0.3, 0.4) is 0 Å². The molecule has 0 fully saturated rings. The molecule has 25 aromatic rings. The van der Waals surface area contributed by atoms with Crippen molar-refractivity contribution < 1.29 is 13.3 Å². The van der Waals surface area contributed by atoms with Crippen molar-refractivity contribution in [1.29, 1.82) is 0 Å². The van der Waals surface area contributed by atoms with Gasteiger partial charge < -0.3 is 28.0 Å². The van der Waals surface area contributed by atoms with Gasteiger partial charge in [0.15, 0.2) is 0 Å². The first-order chi connectivity index (χ1) is 72.4. The van der Waals surface area contributed by atoms with Crippen LogP contribution in [0.5, 0.6) is 0 Å². The van der Waals surface area contributed by atoms with Gasteiger partial charge in [0.1, 0.15) is 33.5 Å². The molecule has 29 rings (SSSR count). The largest absolute Gasteiger partial charge is 0.456 e. The lowest BCUT2D eigenvalue weighted by atomic mass is 9.81. The second-order valence-electron chi connectivity index (χ2n) is 42.2. The van der Waals surface area contributed by atoms with Crippen molar-refractivity contribution in [1.82, 2.24) is 0 Å². The summed E-state index contributed by atoms with van der Waals surface area (Å²) >= 11 is 0. The Hall–Kier alpha value is -18.1. The summed E-state index contributed by atoms with van der Waals surface area (Å²) in [6.07, 6.45) is 0. The summed E-state index contributed by atoms with van der Waals surface area (Å²) in [6, 6.07) is 178. The number of para-hydroxylation sites is 4. The monoisotopic (exact) mass is 1900 g/mol. The lowest BCUT2D eigenvalue weighted by Gasteiger charge is -2.30. The maximum atomic E-state index is 6.12. The zero-order valence-electron chi connectivity index (χ0n) is 83.8. The molecule has 6 nitrogen and oxygen atoms in total. The molecule has 4 aliphatic rings. The maximum Gasteiger partial charge on any atom is 0.135 e. The molecule has 0 amide bonds. The summed E-state index contributed by atoms with van der Waals surface area (Å²) in [6.45, 7) is 18.9. The standard InChI is InChI=1S/C49H35NO.C48H37NO.C45H33NO/c1-49(2)44-30-36(32-11-4-3-5-12-32)21-26-40(44)41-27-25-38(31-45(41)49)50(46-17-10-14-34-13-6-7-15-39(34)46)37-23-19-33(20-24-37)35-22-28-48-43(29-35)42-16-8-9-18-47(42)51-48;1-47(2)41-14-8-5-11-35(41)37-24-22-33(28-43(37)47)49(34-23-25-38-36-12-6-9-15-42(36)48(3,4)44(38)29-34)32-20-17-30(18-21-32)31-19-26-46-40(27-31)39-13-7-10-16-45(39)50-46;1-45(2)41-28-33(30-11-5-3-6-12-30)19-24-37(41)38-25-23-36(29-42(38)45)46(34-13-7-4-8-14-34)35-21-17-31(18-22-35)32-20-26-44-40(27-32)39-15-9-10-16-43(39)47-44/h3-31H,1-2H3;5-29H,1-4H3;3-29H,1-2H3. The van der Waals surface area contributed by atoms with Gasteiger partial charge in [0.05, 0.1) is 5.69 Å². The number of rotatable bonds is 14. The second-order valence-corrected chi connectivity index (χ2v) is 42.2. The van der Waals surface area contributed by atoms with E-state index in [9.17, 15) is 0 Å². The Morgan fingerprint density at radius 2 is 0.378 bits per heavy atom. The predicted molar refractivity (Wildman–Crippen MR) is 620 cm³/mol. The zero-order chi connectivity index (χ0) is 99.4. The lowest BCUT2D eigenvalue weighted by Crippen LogP contribution is -2.18. The molecule has 0 aliphatic heterocycles. The number of nitrogens with zero attached hydrogens (tertiary/aromatic N) is 3. The molecule has 0 spiro atoms. The fourth-order valence-corrected chi connectivity index (χ4v) is 24.4. The van der Waals surface area contributed by atoms with Crippen LogP contribution in [-0.2, 0) is 21.7 Å². The van der Waals surface area contributed by atoms with E-state index in [4.69, 9.17) is 13.3 Å². The average molecular weight is 1900 g/mol. The van der Waals surface area contributed by atoms with Crippen LogP contribution in [-0.4, -0.2) is 0 Å². The fourth-order valence-electron chi connectivity index (χ4n) is 24.4. The van der Waals surface area contributed by atoms with Crippen LogP contribution < -0.4 is 14.7 Å². The Labute approximate surface area is 862 Å². The third-order valence-electron chi connectivity index (χ3n) is 32.2. The third-order valence-corrected chi connectivity index (χ3v) is 32.2. The summed E-state index contributed by atoms with van der Waals surface area (Å²) in [7, 11) is 0. The highest BCUT2D eigenvalue weighted by atomic mass is 16.3. The van der Waals surface area contributed by atoms with E-state index in [1.165, 1.54) is 155 Å². The molecule has 0 radical (unpaired) electrons. The van der Waals surface area contributed by atoms with Gasteiger partial charge in [-0.1, -0.05) is 377 Å². The average Bonchev–Trinajstić information content (AvgIpc) is 1.58. The van der Waals surface area contributed by atoms with Crippen LogP contribution >= 0.6 is 0 Å². The highest BCUT2D eigenvalue weighted by Crippen LogP contribution is 2.58. The van der Waals surface area contributed by atoms with Gasteiger partial charge in [0.2, 0.25) is 0 Å². The minimum absolute atomic E-state index is 0.0884. The van der Waals surface area contributed by atoms with Gasteiger partial charge in [-0.25, -0.2) is 0 Å². The molecule has 0 atom stereocenters. The quantitative estimate of drug-likeness (QED) is 0.108. The Bertz CT molecular complexity index is 9480. The van der Waals surface area contributed by atoms with E-state index in [1.54, 1.807) is 0 Å². The van der Waals surface area contributed by atoms with E-state index in [0.29, 0.717) is 0 Å². The van der Waals surface area contributed by atoms with Gasteiger partial charge in [-0.2, -0.15) is 0 Å². The van der Waals surface area contributed by atoms with Crippen LogP contribution in [0.4, 0.5) is 51.2 Å². The lowest BCUT2D eigenvalue weighted by molar-refractivity contribution is 0.660. The van der Waals surface area contributed by atoms with Crippen LogP contribution in [0.15, 0.2) is 505 Å². The molecule has 0 saturated carbocycles. The number of furan rings is 3. The zero-order valence-corrected chi connectivity index (χ0v) is 83.8. The number of hydrogen-bond donors (Lipinski definition) is 0. The number of benzene rings is 22.